The molecule has 0 saturated carbocycles. The van der Waals surface area contributed by atoms with Crippen LogP contribution in [-0.4, -0.2) is 17.0 Å². The average molecular weight is 578 g/mol. The third kappa shape index (κ3) is 6.77. The normalized spacial score (nSPS) is 10.7. The number of rotatable bonds is 8. The summed E-state index contributed by atoms with van der Waals surface area (Å²) in [5.74, 6) is -0.348. The Morgan fingerprint density at radius 1 is 0.568 bits per heavy atom. The summed E-state index contributed by atoms with van der Waals surface area (Å²) in [5.41, 5.74) is 6.64. The van der Waals surface area contributed by atoms with Gasteiger partial charge in [0.2, 0.25) is 0 Å². The van der Waals surface area contributed by atoms with Gasteiger partial charge in [-0.1, -0.05) is 72.8 Å². The largest absolute Gasteiger partial charge is 0.508 e. The fourth-order valence-corrected chi connectivity index (χ4v) is 5.17. The summed E-state index contributed by atoms with van der Waals surface area (Å²) in [6.07, 6.45) is 1.73. The lowest BCUT2D eigenvalue weighted by atomic mass is 10.0. The van der Waals surface area contributed by atoms with Gasteiger partial charge in [0, 0.05) is 28.3 Å². The zero-order valence-electron chi connectivity index (χ0n) is 24.0. The molecule has 6 nitrogen and oxygen atoms in total. The molecule has 3 N–H and O–H groups in total. The number of hydrogen-bond acceptors (Lipinski definition) is 4. The molecule has 0 radical (unpaired) electrons. The monoisotopic (exact) mass is 577 g/mol. The van der Waals surface area contributed by atoms with Crippen molar-refractivity contribution >= 4 is 45.5 Å². The van der Waals surface area contributed by atoms with E-state index in [0.717, 1.165) is 46.2 Å². The van der Waals surface area contributed by atoms with Crippen molar-refractivity contribution in [2.24, 2.45) is 0 Å². The van der Waals surface area contributed by atoms with Gasteiger partial charge in [0.15, 0.2) is 0 Å². The summed E-state index contributed by atoms with van der Waals surface area (Å²) < 4.78 is 0. The molecule has 0 aliphatic heterocycles. The number of hydrogen-bond donors (Lipinski definition) is 3. The zero-order chi connectivity index (χ0) is 30.3. The first kappa shape index (κ1) is 28.2. The minimum Gasteiger partial charge on any atom is -0.508 e. The van der Waals surface area contributed by atoms with E-state index in [1.807, 2.05) is 60.7 Å². The molecule has 6 rings (SSSR count). The Labute approximate surface area is 256 Å². The average Bonchev–Trinajstić information content (AvgIpc) is 3.06. The smallest absolute Gasteiger partial charge is 0.326 e. The maximum absolute atomic E-state index is 12.6. The first-order valence-corrected chi connectivity index (χ1v) is 14.4. The van der Waals surface area contributed by atoms with Gasteiger partial charge in [0.25, 0.3) is 5.91 Å². The Bertz CT molecular complexity index is 1850. The Balaban J connectivity index is 1.04. The van der Waals surface area contributed by atoms with Crippen molar-refractivity contribution in [3.63, 3.8) is 0 Å². The molecule has 0 bridgehead atoms. The maximum atomic E-state index is 12.6. The van der Waals surface area contributed by atoms with Crippen LogP contribution in [-0.2, 0) is 12.8 Å². The molecule has 6 heteroatoms. The van der Waals surface area contributed by atoms with Gasteiger partial charge in [0.1, 0.15) is 5.75 Å². The number of aromatic hydroxyl groups is 1. The van der Waals surface area contributed by atoms with Crippen molar-refractivity contribution in [3.05, 3.63) is 162 Å². The number of fused-ring (bicyclic) bond motifs is 1. The van der Waals surface area contributed by atoms with Gasteiger partial charge in [-0.15, -0.1) is 0 Å². The van der Waals surface area contributed by atoms with Crippen molar-refractivity contribution in [1.82, 2.24) is 5.32 Å². The van der Waals surface area contributed by atoms with E-state index in [9.17, 15) is 14.7 Å². The third-order valence-electron chi connectivity index (χ3n) is 7.45. The van der Waals surface area contributed by atoms with E-state index in [1.54, 1.807) is 36.4 Å². The number of phenolic OH excluding ortho intramolecular Hbond substituents is 1. The second-order valence-corrected chi connectivity index (χ2v) is 10.5. The number of benzene rings is 6. The standard InChI is InChI=1S/C38H31N3O3/c42-36-24-19-29-25-31(18-17-30(29)26-36)37(43)40-38(44)39-32-20-13-27(14-21-32)11-12-28-15-22-35(23-16-28)41(33-7-3-1-4-8-33)34-9-5-2-6-10-34/h1-10,13-26,42H,11-12H2,(H2,39,40,43,44). The fraction of sp³-hybridized carbons (Fsp3) is 0.0526. The van der Waals surface area contributed by atoms with Crippen LogP contribution >= 0.6 is 0 Å². The highest BCUT2D eigenvalue weighted by Crippen LogP contribution is 2.34. The molecule has 6 aromatic rings. The lowest BCUT2D eigenvalue weighted by Crippen LogP contribution is -2.34. The molecule has 0 aliphatic rings. The Morgan fingerprint density at radius 3 is 1.70 bits per heavy atom. The minimum atomic E-state index is -0.603. The van der Waals surface area contributed by atoms with Gasteiger partial charge in [-0.05, 0) is 108 Å². The molecule has 0 unspecified atom stereocenters. The van der Waals surface area contributed by atoms with Crippen LogP contribution in [0.3, 0.4) is 0 Å². The molecule has 3 amide bonds. The number of urea groups is 1. The van der Waals surface area contributed by atoms with Crippen molar-refractivity contribution in [1.29, 1.82) is 0 Å². The number of anilines is 4. The van der Waals surface area contributed by atoms with Crippen molar-refractivity contribution in [2.75, 3.05) is 10.2 Å². The summed E-state index contributed by atoms with van der Waals surface area (Å²) in [6, 6.07) is 46.3. The molecule has 0 fully saturated rings. The summed E-state index contributed by atoms with van der Waals surface area (Å²) in [5, 5.41) is 16.3. The van der Waals surface area contributed by atoms with Gasteiger partial charge in [-0.3, -0.25) is 10.1 Å². The molecule has 0 aliphatic carbocycles. The quantitative estimate of drug-likeness (QED) is 0.169. The van der Waals surface area contributed by atoms with Crippen LogP contribution in [0.5, 0.6) is 5.75 Å². The molecule has 44 heavy (non-hydrogen) atoms. The number of nitrogens with one attached hydrogen (secondary N) is 2. The molecule has 216 valence electrons. The second-order valence-electron chi connectivity index (χ2n) is 10.5. The second kappa shape index (κ2) is 13.0. The molecular formula is C38H31N3O3. The fourth-order valence-electron chi connectivity index (χ4n) is 5.17. The molecular weight excluding hydrogens is 546 g/mol. The molecule has 0 atom stereocenters. The van der Waals surface area contributed by atoms with Gasteiger partial charge >= 0.3 is 6.03 Å². The topological polar surface area (TPSA) is 81.7 Å². The first-order chi connectivity index (χ1) is 21.5. The Morgan fingerprint density at radius 2 is 1.09 bits per heavy atom. The number of carbonyl (C=O) groups is 2. The lowest BCUT2D eigenvalue weighted by molar-refractivity contribution is 0.0967. The van der Waals surface area contributed by atoms with E-state index in [4.69, 9.17) is 0 Å². The van der Waals surface area contributed by atoms with Gasteiger partial charge in [-0.2, -0.15) is 0 Å². The number of amides is 3. The SMILES string of the molecule is O=C(NC(=O)c1ccc2cc(O)ccc2c1)Nc1ccc(CCc2ccc(N(c3ccccc3)c3ccccc3)cc2)cc1. The van der Waals surface area contributed by atoms with E-state index in [-0.39, 0.29) is 5.75 Å². The van der Waals surface area contributed by atoms with Gasteiger partial charge < -0.3 is 15.3 Å². The van der Waals surface area contributed by atoms with E-state index in [1.165, 1.54) is 5.56 Å². The lowest BCUT2D eigenvalue weighted by Gasteiger charge is -2.25. The molecule has 6 aromatic carbocycles. The molecule has 0 aromatic heterocycles. The number of aryl methyl sites for hydroxylation is 2. The highest BCUT2D eigenvalue weighted by molar-refractivity contribution is 6.09. The predicted octanol–water partition coefficient (Wildman–Crippen LogP) is 8.76. The van der Waals surface area contributed by atoms with Gasteiger partial charge in [0.05, 0.1) is 0 Å². The van der Waals surface area contributed by atoms with Crippen LogP contribution < -0.4 is 15.5 Å². The van der Waals surface area contributed by atoms with Crippen LogP contribution in [0.25, 0.3) is 10.8 Å². The highest BCUT2D eigenvalue weighted by Gasteiger charge is 2.13. The number of para-hydroxylation sites is 2. The summed E-state index contributed by atoms with van der Waals surface area (Å²) >= 11 is 0. The summed E-state index contributed by atoms with van der Waals surface area (Å²) in [4.78, 5) is 27.3. The van der Waals surface area contributed by atoms with Crippen LogP contribution in [0.1, 0.15) is 21.5 Å². The molecule has 0 heterocycles. The molecule has 0 saturated heterocycles. The van der Waals surface area contributed by atoms with E-state index >= 15 is 0 Å². The van der Waals surface area contributed by atoms with E-state index in [0.29, 0.717) is 11.3 Å². The summed E-state index contributed by atoms with van der Waals surface area (Å²) in [6.45, 7) is 0. The van der Waals surface area contributed by atoms with Crippen molar-refractivity contribution in [3.8, 4) is 5.75 Å². The first-order valence-electron chi connectivity index (χ1n) is 14.4. The Kier molecular flexibility index (Phi) is 8.32. The van der Waals surface area contributed by atoms with Crippen molar-refractivity contribution in [2.45, 2.75) is 12.8 Å². The number of phenols is 1. The van der Waals surface area contributed by atoms with Crippen molar-refractivity contribution < 1.29 is 14.7 Å². The van der Waals surface area contributed by atoms with E-state index in [2.05, 4.69) is 64.1 Å². The zero-order valence-corrected chi connectivity index (χ0v) is 24.0. The maximum Gasteiger partial charge on any atom is 0.326 e. The number of carbonyl (C=O) groups excluding carboxylic acids is 2. The number of nitrogens with zero attached hydrogens (tertiary/aromatic N) is 1. The third-order valence-corrected chi connectivity index (χ3v) is 7.45. The summed E-state index contributed by atoms with van der Waals surface area (Å²) in [7, 11) is 0. The van der Waals surface area contributed by atoms with Crippen LogP contribution in [0.2, 0.25) is 0 Å². The van der Waals surface area contributed by atoms with Crippen LogP contribution in [0, 0.1) is 0 Å². The van der Waals surface area contributed by atoms with Crippen LogP contribution in [0.4, 0.5) is 27.5 Å². The minimum absolute atomic E-state index is 0.156. The van der Waals surface area contributed by atoms with E-state index < -0.39 is 11.9 Å². The predicted molar refractivity (Wildman–Crippen MR) is 177 cm³/mol. The Hall–Kier alpha value is -5.88. The highest BCUT2D eigenvalue weighted by atomic mass is 16.3. The molecule has 0 spiro atoms. The number of imide groups is 1. The van der Waals surface area contributed by atoms with Gasteiger partial charge in [-0.25, -0.2) is 4.79 Å². The van der Waals surface area contributed by atoms with Crippen LogP contribution in [0.15, 0.2) is 146 Å².